The van der Waals surface area contributed by atoms with Gasteiger partial charge in [-0.1, -0.05) is 18.7 Å². The zero-order chi connectivity index (χ0) is 23.1. The van der Waals surface area contributed by atoms with E-state index in [0.29, 0.717) is 50.1 Å². The molecule has 1 aromatic heterocycles. The summed E-state index contributed by atoms with van der Waals surface area (Å²) in [6, 6.07) is 7.73. The Morgan fingerprint density at radius 2 is 1.91 bits per heavy atom. The van der Waals surface area contributed by atoms with E-state index in [1.807, 2.05) is 11.0 Å². The molecule has 6 nitrogen and oxygen atoms in total. The molecule has 0 atom stereocenters. The summed E-state index contributed by atoms with van der Waals surface area (Å²) in [5.74, 6) is 1.46. The van der Waals surface area contributed by atoms with Crippen molar-refractivity contribution in [1.82, 2.24) is 9.88 Å². The highest BCUT2D eigenvalue weighted by atomic mass is 19.4. The van der Waals surface area contributed by atoms with Crippen LogP contribution < -0.4 is 14.4 Å². The van der Waals surface area contributed by atoms with Gasteiger partial charge in [0.1, 0.15) is 12.4 Å². The highest BCUT2D eigenvalue weighted by Gasteiger charge is 2.31. The summed E-state index contributed by atoms with van der Waals surface area (Å²) in [4.78, 5) is 20.0. The Bertz CT molecular complexity index is 967. The molecule has 170 valence electrons. The van der Waals surface area contributed by atoms with Crippen molar-refractivity contribution < 1.29 is 27.4 Å². The molecule has 1 aromatic carbocycles. The van der Waals surface area contributed by atoms with Crippen LogP contribution in [-0.2, 0) is 11.0 Å². The van der Waals surface area contributed by atoms with E-state index in [9.17, 15) is 18.0 Å². The molecule has 0 N–H and O–H groups in total. The van der Waals surface area contributed by atoms with E-state index >= 15 is 0 Å². The van der Waals surface area contributed by atoms with Crippen molar-refractivity contribution in [1.29, 1.82) is 0 Å². The number of amides is 1. The molecule has 0 spiro atoms. The molecule has 0 aliphatic carbocycles. The number of halogens is 3. The number of carbonyl (C=O) groups excluding carboxylic acids is 1. The van der Waals surface area contributed by atoms with E-state index in [1.165, 1.54) is 12.1 Å². The lowest BCUT2D eigenvalue weighted by Crippen LogP contribution is -2.48. The first kappa shape index (κ1) is 23.2. The molecule has 9 heteroatoms. The average Bonchev–Trinajstić information content (AvgIpc) is 2.81. The summed E-state index contributed by atoms with van der Waals surface area (Å²) in [5, 5.41) is 0. The summed E-state index contributed by atoms with van der Waals surface area (Å²) >= 11 is 0. The zero-order valence-electron chi connectivity index (χ0n) is 17.6. The van der Waals surface area contributed by atoms with Gasteiger partial charge in [-0.15, -0.1) is 0 Å². The molecule has 1 amide bonds. The van der Waals surface area contributed by atoms with Crippen LogP contribution in [-0.4, -0.2) is 55.7 Å². The van der Waals surface area contributed by atoms with Crippen LogP contribution in [0.15, 0.2) is 55.3 Å². The Morgan fingerprint density at radius 3 is 2.50 bits per heavy atom. The first-order valence-corrected chi connectivity index (χ1v) is 9.98. The molecule has 1 fully saturated rings. The quantitative estimate of drug-likeness (QED) is 0.474. The van der Waals surface area contributed by atoms with Gasteiger partial charge in [0, 0.05) is 38.5 Å². The van der Waals surface area contributed by atoms with E-state index in [0.717, 1.165) is 17.8 Å². The van der Waals surface area contributed by atoms with E-state index in [-0.39, 0.29) is 5.91 Å². The highest BCUT2D eigenvalue weighted by Crippen LogP contribution is 2.30. The van der Waals surface area contributed by atoms with Gasteiger partial charge < -0.3 is 19.3 Å². The van der Waals surface area contributed by atoms with Crippen molar-refractivity contribution in [2.24, 2.45) is 0 Å². The molecule has 0 bridgehead atoms. The average molecular weight is 447 g/mol. The smallest absolute Gasteiger partial charge is 0.417 e. The zero-order valence-corrected chi connectivity index (χ0v) is 17.6. The fourth-order valence-corrected chi connectivity index (χ4v) is 3.23. The van der Waals surface area contributed by atoms with Crippen LogP contribution in [0, 0.1) is 0 Å². The van der Waals surface area contributed by atoms with Crippen molar-refractivity contribution in [2.45, 2.75) is 6.18 Å². The first-order chi connectivity index (χ1) is 15.3. The van der Waals surface area contributed by atoms with Crippen LogP contribution in [0.3, 0.4) is 0 Å². The molecular formula is C23H24F3N3O3. The predicted octanol–water partition coefficient (Wildman–Crippen LogP) is 4.04. The van der Waals surface area contributed by atoms with Gasteiger partial charge in [-0.25, -0.2) is 4.98 Å². The SMILES string of the molecule is C=CCOc1ccc(/C=C/C(=O)N2CCN(c3ccc(C(F)(F)F)cn3)CC2)cc1OC. The Morgan fingerprint density at radius 1 is 1.16 bits per heavy atom. The third kappa shape index (κ3) is 5.81. The Hall–Kier alpha value is -3.49. The number of hydrogen-bond acceptors (Lipinski definition) is 5. The standard InChI is InChI=1S/C23H24F3N3O3/c1-3-14-32-19-7-4-17(15-20(19)31-2)5-9-22(30)29-12-10-28(11-13-29)21-8-6-18(16-27-21)23(24,25)26/h3-9,15-16H,1,10-14H2,2H3/b9-5+. The molecule has 1 saturated heterocycles. The maximum atomic E-state index is 12.7. The second-order valence-corrected chi connectivity index (χ2v) is 7.06. The summed E-state index contributed by atoms with van der Waals surface area (Å²) in [6.07, 6.45) is 1.25. The van der Waals surface area contributed by atoms with Gasteiger partial charge in [-0.05, 0) is 35.9 Å². The Kier molecular flexibility index (Phi) is 7.40. The minimum atomic E-state index is -4.41. The number of alkyl halides is 3. The molecular weight excluding hydrogens is 423 g/mol. The second kappa shape index (κ2) is 10.2. The van der Waals surface area contributed by atoms with E-state index in [2.05, 4.69) is 11.6 Å². The maximum Gasteiger partial charge on any atom is 0.417 e. The fourth-order valence-electron chi connectivity index (χ4n) is 3.23. The third-order valence-electron chi connectivity index (χ3n) is 4.95. The minimum Gasteiger partial charge on any atom is -0.493 e. The summed E-state index contributed by atoms with van der Waals surface area (Å²) in [6.45, 7) is 5.84. The van der Waals surface area contributed by atoms with Gasteiger partial charge in [0.05, 0.1) is 12.7 Å². The number of aromatic nitrogens is 1. The molecule has 0 radical (unpaired) electrons. The van der Waals surface area contributed by atoms with Gasteiger partial charge >= 0.3 is 6.18 Å². The molecule has 32 heavy (non-hydrogen) atoms. The lowest BCUT2D eigenvalue weighted by molar-refractivity contribution is -0.137. The largest absolute Gasteiger partial charge is 0.493 e. The van der Waals surface area contributed by atoms with Crippen molar-refractivity contribution in [3.8, 4) is 11.5 Å². The summed E-state index contributed by atoms with van der Waals surface area (Å²) in [5.41, 5.74) is 0.00544. The number of carbonyl (C=O) groups is 1. The van der Waals surface area contributed by atoms with Crippen molar-refractivity contribution in [2.75, 3.05) is 44.8 Å². The van der Waals surface area contributed by atoms with E-state index < -0.39 is 11.7 Å². The van der Waals surface area contributed by atoms with Crippen LogP contribution in [0.4, 0.5) is 19.0 Å². The fraction of sp³-hybridized carbons (Fsp3) is 0.304. The number of piperazine rings is 1. The topological polar surface area (TPSA) is 54.9 Å². The number of hydrogen-bond donors (Lipinski definition) is 0. The molecule has 1 aliphatic rings. The first-order valence-electron chi connectivity index (χ1n) is 9.98. The van der Waals surface area contributed by atoms with Crippen LogP contribution >= 0.6 is 0 Å². The van der Waals surface area contributed by atoms with E-state index in [1.54, 1.807) is 36.3 Å². The number of nitrogens with zero attached hydrogens (tertiary/aromatic N) is 3. The van der Waals surface area contributed by atoms with Crippen molar-refractivity contribution in [3.63, 3.8) is 0 Å². The molecule has 1 aliphatic heterocycles. The molecule has 2 heterocycles. The van der Waals surface area contributed by atoms with Crippen LogP contribution in [0.5, 0.6) is 11.5 Å². The summed E-state index contributed by atoms with van der Waals surface area (Å²) < 4.78 is 48.9. The van der Waals surface area contributed by atoms with Gasteiger partial charge in [0.25, 0.3) is 0 Å². The number of rotatable bonds is 7. The van der Waals surface area contributed by atoms with E-state index in [4.69, 9.17) is 9.47 Å². The number of pyridine rings is 1. The Labute approximate surface area is 184 Å². The lowest BCUT2D eigenvalue weighted by atomic mass is 10.2. The van der Waals surface area contributed by atoms with Crippen LogP contribution in [0.1, 0.15) is 11.1 Å². The summed E-state index contributed by atoms with van der Waals surface area (Å²) in [7, 11) is 1.54. The predicted molar refractivity (Wildman–Crippen MR) is 116 cm³/mol. The second-order valence-electron chi connectivity index (χ2n) is 7.06. The highest BCUT2D eigenvalue weighted by molar-refractivity contribution is 5.92. The van der Waals surface area contributed by atoms with Gasteiger partial charge in [-0.2, -0.15) is 13.2 Å². The molecule has 0 saturated carbocycles. The van der Waals surface area contributed by atoms with Gasteiger partial charge in [0.15, 0.2) is 11.5 Å². The molecule has 2 aromatic rings. The Balaban J connectivity index is 1.56. The molecule has 3 rings (SSSR count). The number of ether oxygens (including phenoxy) is 2. The number of methoxy groups -OCH3 is 1. The minimum absolute atomic E-state index is 0.143. The van der Waals surface area contributed by atoms with Gasteiger partial charge in [-0.3, -0.25) is 4.79 Å². The monoisotopic (exact) mass is 447 g/mol. The van der Waals surface area contributed by atoms with Gasteiger partial charge in [0.2, 0.25) is 5.91 Å². The maximum absolute atomic E-state index is 12.7. The molecule has 0 unspecified atom stereocenters. The van der Waals surface area contributed by atoms with Crippen molar-refractivity contribution in [3.05, 3.63) is 66.4 Å². The third-order valence-corrected chi connectivity index (χ3v) is 4.95. The van der Waals surface area contributed by atoms with Crippen LogP contribution in [0.25, 0.3) is 6.08 Å². The number of benzene rings is 1. The lowest BCUT2D eigenvalue weighted by Gasteiger charge is -2.35. The van der Waals surface area contributed by atoms with Crippen LogP contribution in [0.2, 0.25) is 0 Å². The normalized spacial score (nSPS) is 14.5. The van der Waals surface area contributed by atoms with Crippen molar-refractivity contribution >= 4 is 17.8 Å². The number of anilines is 1.